The lowest BCUT2D eigenvalue weighted by molar-refractivity contribution is 0.0600. The standard InChI is InChI=1S/C12H12N2O2S/c1-14-8-13-7-11(14)17-10-5-3-9(4-6-10)12(15)16-2/h3-8H,1-2H3. The minimum atomic E-state index is -0.318. The Morgan fingerprint density at radius 3 is 2.59 bits per heavy atom. The van der Waals surface area contributed by atoms with Crippen LogP contribution in [0.4, 0.5) is 0 Å². The summed E-state index contributed by atoms with van der Waals surface area (Å²) < 4.78 is 6.58. The lowest BCUT2D eigenvalue weighted by Crippen LogP contribution is -2.00. The van der Waals surface area contributed by atoms with Crippen LogP contribution >= 0.6 is 11.8 Å². The van der Waals surface area contributed by atoms with Crippen LogP contribution in [0.2, 0.25) is 0 Å². The van der Waals surface area contributed by atoms with Crippen LogP contribution < -0.4 is 0 Å². The second-order valence-electron chi connectivity index (χ2n) is 3.46. The summed E-state index contributed by atoms with van der Waals surface area (Å²) in [5.74, 6) is -0.318. The van der Waals surface area contributed by atoms with Gasteiger partial charge in [0.15, 0.2) is 0 Å². The van der Waals surface area contributed by atoms with Crippen LogP contribution in [-0.4, -0.2) is 22.6 Å². The van der Waals surface area contributed by atoms with Crippen LogP contribution in [0.3, 0.4) is 0 Å². The summed E-state index contributed by atoms with van der Waals surface area (Å²) in [6, 6.07) is 7.29. The highest BCUT2D eigenvalue weighted by Crippen LogP contribution is 2.26. The van der Waals surface area contributed by atoms with E-state index >= 15 is 0 Å². The van der Waals surface area contributed by atoms with Gasteiger partial charge in [0.25, 0.3) is 0 Å². The van der Waals surface area contributed by atoms with E-state index in [2.05, 4.69) is 9.72 Å². The predicted molar refractivity (Wildman–Crippen MR) is 65.1 cm³/mol. The smallest absolute Gasteiger partial charge is 0.337 e. The maximum absolute atomic E-state index is 11.3. The van der Waals surface area contributed by atoms with Crippen molar-refractivity contribution in [2.75, 3.05) is 7.11 Å². The quantitative estimate of drug-likeness (QED) is 0.782. The highest BCUT2D eigenvalue weighted by molar-refractivity contribution is 7.99. The molecule has 0 aliphatic heterocycles. The number of aryl methyl sites for hydroxylation is 1. The molecule has 2 rings (SSSR count). The molecule has 5 heteroatoms. The molecule has 1 aromatic carbocycles. The molecule has 0 bridgehead atoms. The molecule has 0 aliphatic carbocycles. The first kappa shape index (κ1) is 11.7. The molecule has 0 unspecified atom stereocenters. The molecule has 0 atom stereocenters. The van der Waals surface area contributed by atoms with E-state index in [0.717, 1.165) is 9.92 Å². The van der Waals surface area contributed by atoms with Gasteiger partial charge in [-0.05, 0) is 24.3 Å². The monoisotopic (exact) mass is 248 g/mol. The molecule has 17 heavy (non-hydrogen) atoms. The van der Waals surface area contributed by atoms with Gasteiger partial charge in [-0.25, -0.2) is 9.78 Å². The summed E-state index contributed by atoms with van der Waals surface area (Å²) in [6.45, 7) is 0. The van der Waals surface area contributed by atoms with E-state index in [1.807, 2.05) is 23.7 Å². The zero-order valence-corrected chi connectivity index (χ0v) is 10.4. The molecule has 88 valence electrons. The van der Waals surface area contributed by atoms with Crippen LogP contribution in [0.1, 0.15) is 10.4 Å². The topological polar surface area (TPSA) is 44.1 Å². The maximum Gasteiger partial charge on any atom is 0.337 e. The second kappa shape index (κ2) is 5.05. The van der Waals surface area contributed by atoms with Gasteiger partial charge >= 0.3 is 5.97 Å². The third kappa shape index (κ3) is 2.68. The van der Waals surface area contributed by atoms with Crippen LogP contribution in [-0.2, 0) is 11.8 Å². The maximum atomic E-state index is 11.3. The molecule has 0 spiro atoms. The fourth-order valence-corrected chi connectivity index (χ4v) is 2.16. The van der Waals surface area contributed by atoms with Crippen molar-refractivity contribution in [3.05, 3.63) is 42.4 Å². The van der Waals surface area contributed by atoms with E-state index in [1.165, 1.54) is 7.11 Å². The molecule has 4 nitrogen and oxygen atoms in total. The fourth-order valence-electron chi connectivity index (χ4n) is 1.34. The molecular weight excluding hydrogens is 236 g/mol. The van der Waals surface area contributed by atoms with E-state index < -0.39 is 0 Å². The number of benzene rings is 1. The van der Waals surface area contributed by atoms with E-state index in [4.69, 9.17) is 0 Å². The Kier molecular flexibility index (Phi) is 3.49. The van der Waals surface area contributed by atoms with E-state index in [-0.39, 0.29) is 5.97 Å². The average Bonchev–Trinajstić information content (AvgIpc) is 2.75. The number of rotatable bonds is 3. The average molecular weight is 248 g/mol. The largest absolute Gasteiger partial charge is 0.465 e. The Morgan fingerprint density at radius 2 is 2.06 bits per heavy atom. The van der Waals surface area contributed by atoms with Crippen LogP contribution in [0.15, 0.2) is 46.7 Å². The molecule has 2 aromatic rings. The third-order valence-electron chi connectivity index (χ3n) is 2.27. The fraction of sp³-hybridized carbons (Fsp3) is 0.167. The van der Waals surface area contributed by atoms with Crippen molar-refractivity contribution >= 4 is 17.7 Å². The Balaban J connectivity index is 2.14. The number of hydrogen-bond donors (Lipinski definition) is 0. The van der Waals surface area contributed by atoms with Crippen molar-refractivity contribution in [1.29, 1.82) is 0 Å². The number of hydrogen-bond acceptors (Lipinski definition) is 4. The minimum Gasteiger partial charge on any atom is -0.465 e. The number of methoxy groups -OCH3 is 1. The first-order valence-electron chi connectivity index (χ1n) is 5.03. The van der Waals surface area contributed by atoms with Gasteiger partial charge in [-0.1, -0.05) is 11.8 Å². The Labute approximate surface area is 104 Å². The zero-order chi connectivity index (χ0) is 12.3. The van der Waals surface area contributed by atoms with E-state index in [0.29, 0.717) is 5.56 Å². The van der Waals surface area contributed by atoms with Crippen molar-refractivity contribution < 1.29 is 9.53 Å². The number of aromatic nitrogens is 2. The predicted octanol–water partition coefficient (Wildman–Crippen LogP) is 2.36. The van der Waals surface area contributed by atoms with Gasteiger partial charge in [0.2, 0.25) is 0 Å². The number of carbonyl (C=O) groups is 1. The highest BCUT2D eigenvalue weighted by Gasteiger charge is 2.06. The number of imidazole rings is 1. The first-order valence-corrected chi connectivity index (χ1v) is 5.85. The van der Waals surface area contributed by atoms with Gasteiger partial charge in [-0.15, -0.1) is 0 Å². The van der Waals surface area contributed by atoms with Gasteiger partial charge in [-0.2, -0.15) is 0 Å². The number of ether oxygens (including phenoxy) is 1. The zero-order valence-electron chi connectivity index (χ0n) is 9.58. The van der Waals surface area contributed by atoms with Crippen LogP contribution in [0.25, 0.3) is 0 Å². The molecule has 0 amide bonds. The highest BCUT2D eigenvalue weighted by atomic mass is 32.2. The summed E-state index contributed by atoms with van der Waals surface area (Å²) in [5, 5.41) is 1.05. The molecule has 0 N–H and O–H groups in total. The van der Waals surface area contributed by atoms with Crippen molar-refractivity contribution in [1.82, 2.24) is 9.55 Å². The summed E-state index contributed by atoms with van der Waals surface area (Å²) in [4.78, 5) is 16.4. The van der Waals surface area contributed by atoms with Gasteiger partial charge in [0, 0.05) is 11.9 Å². The third-order valence-corrected chi connectivity index (χ3v) is 3.38. The van der Waals surface area contributed by atoms with Crippen LogP contribution in [0, 0.1) is 0 Å². The van der Waals surface area contributed by atoms with Crippen molar-refractivity contribution in [3.8, 4) is 0 Å². The molecule has 0 fully saturated rings. The molecule has 0 radical (unpaired) electrons. The SMILES string of the molecule is COC(=O)c1ccc(Sc2cncn2C)cc1. The lowest BCUT2D eigenvalue weighted by atomic mass is 10.2. The Morgan fingerprint density at radius 1 is 1.35 bits per heavy atom. The molecule has 1 heterocycles. The summed E-state index contributed by atoms with van der Waals surface area (Å²) >= 11 is 1.60. The lowest BCUT2D eigenvalue weighted by Gasteiger charge is -2.03. The molecule has 0 aliphatic rings. The number of esters is 1. The molecule has 0 saturated heterocycles. The molecule has 0 saturated carbocycles. The van der Waals surface area contributed by atoms with E-state index in [9.17, 15) is 4.79 Å². The molecular formula is C12H12N2O2S. The van der Waals surface area contributed by atoms with E-state index in [1.54, 1.807) is 36.4 Å². The first-order chi connectivity index (χ1) is 8.20. The summed E-state index contributed by atoms with van der Waals surface area (Å²) in [5.41, 5.74) is 0.557. The van der Waals surface area contributed by atoms with Gasteiger partial charge in [-0.3, -0.25) is 0 Å². The van der Waals surface area contributed by atoms with Gasteiger partial charge in [0.1, 0.15) is 0 Å². The minimum absolute atomic E-state index is 0.318. The normalized spacial score (nSPS) is 10.2. The number of nitrogens with zero attached hydrogens (tertiary/aromatic N) is 2. The van der Waals surface area contributed by atoms with Gasteiger partial charge < -0.3 is 9.30 Å². The second-order valence-corrected chi connectivity index (χ2v) is 4.55. The van der Waals surface area contributed by atoms with Crippen molar-refractivity contribution in [2.24, 2.45) is 7.05 Å². The van der Waals surface area contributed by atoms with Gasteiger partial charge in [0.05, 0.1) is 30.2 Å². The Bertz CT molecular complexity index is 520. The van der Waals surface area contributed by atoms with Crippen LogP contribution in [0.5, 0.6) is 0 Å². The molecule has 1 aromatic heterocycles. The Hall–Kier alpha value is -1.75. The van der Waals surface area contributed by atoms with Crippen molar-refractivity contribution in [2.45, 2.75) is 9.92 Å². The summed E-state index contributed by atoms with van der Waals surface area (Å²) in [7, 11) is 3.32. The van der Waals surface area contributed by atoms with Crippen molar-refractivity contribution in [3.63, 3.8) is 0 Å². The number of carbonyl (C=O) groups excluding carboxylic acids is 1. The summed E-state index contributed by atoms with van der Waals surface area (Å²) in [6.07, 6.45) is 3.56.